The van der Waals surface area contributed by atoms with E-state index in [1.165, 1.54) is 0 Å². The summed E-state index contributed by atoms with van der Waals surface area (Å²) >= 11 is 6.10. The van der Waals surface area contributed by atoms with Crippen LogP contribution in [0, 0.1) is 0 Å². The first-order valence-electron chi connectivity index (χ1n) is 8.24. The molecular formula is C20H20ClNO4. The zero-order valence-corrected chi connectivity index (χ0v) is 15.5. The number of amides is 1. The van der Waals surface area contributed by atoms with Gasteiger partial charge in [0.2, 0.25) is 0 Å². The van der Waals surface area contributed by atoms with Crippen LogP contribution in [0.5, 0.6) is 0 Å². The van der Waals surface area contributed by atoms with Crippen LogP contribution in [0.1, 0.15) is 48.4 Å². The van der Waals surface area contributed by atoms with Crippen molar-refractivity contribution >= 4 is 23.5 Å². The number of rotatable bonds is 2. The van der Waals surface area contributed by atoms with Crippen LogP contribution in [0.3, 0.4) is 0 Å². The minimum atomic E-state index is -1.70. The van der Waals surface area contributed by atoms with E-state index in [0.717, 1.165) is 0 Å². The van der Waals surface area contributed by atoms with Gasteiger partial charge in [0.1, 0.15) is 11.7 Å². The molecule has 2 aromatic rings. The molecule has 136 valence electrons. The van der Waals surface area contributed by atoms with Crippen LogP contribution in [0.15, 0.2) is 48.5 Å². The van der Waals surface area contributed by atoms with Crippen LogP contribution >= 0.6 is 11.6 Å². The average Bonchev–Trinajstić information content (AvgIpc) is 2.76. The molecule has 0 unspecified atom stereocenters. The highest BCUT2D eigenvalue weighted by atomic mass is 35.5. The molecule has 0 bridgehead atoms. The standard InChI is InChI=1S/C20H20ClNO4/c1-19(2,3)26-18(25)22-20(12-7-6-8-13(21)11-12)16(23)14-9-4-5-10-15(14)17(20)24/h4-11,16,23H,1-3H3,(H,22,25)/t16-,20-/m0/s1. The van der Waals surface area contributed by atoms with Crippen LogP contribution in [-0.4, -0.2) is 22.6 Å². The van der Waals surface area contributed by atoms with Crippen LogP contribution in [-0.2, 0) is 10.3 Å². The summed E-state index contributed by atoms with van der Waals surface area (Å²) in [5.41, 5.74) is -1.25. The van der Waals surface area contributed by atoms with E-state index in [4.69, 9.17) is 16.3 Å². The number of ether oxygens (including phenoxy) is 1. The number of hydrogen-bond donors (Lipinski definition) is 2. The minimum absolute atomic E-state index is 0.357. The summed E-state index contributed by atoms with van der Waals surface area (Å²) in [6.07, 6.45) is -2.06. The van der Waals surface area contributed by atoms with E-state index in [2.05, 4.69) is 5.32 Å². The fraction of sp³-hybridized carbons (Fsp3) is 0.300. The molecule has 2 atom stereocenters. The Kier molecular flexibility index (Phi) is 4.54. The van der Waals surface area contributed by atoms with Gasteiger partial charge in [-0.3, -0.25) is 4.79 Å². The minimum Gasteiger partial charge on any atom is -0.444 e. The SMILES string of the molecule is CC(C)(C)OC(=O)N[C@]1(c2cccc(Cl)c2)C(=O)c2ccccc2[C@@H]1O. The second-order valence-corrected chi connectivity index (χ2v) is 7.70. The Hall–Kier alpha value is -2.37. The molecule has 0 aliphatic heterocycles. The Labute approximate surface area is 156 Å². The number of carbonyl (C=O) groups is 2. The lowest BCUT2D eigenvalue weighted by Crippen LogP contribution is -2.53. The molecule has 26 heavy (non-hydrogen) atoms. The fourth-order valence-electron chi connectivity index (χ4n) is 3.20. The van der Waals surface area contributed by atoms with Gasteiger partial charge in [0.15, 0.2) is 11.3 Å². The van der Waals surface area contributed by atoms with Crippen molar-refractivity contribution in [3.63, 3.8) is 0 Å². The number of carbonyl (C=O) groups excluding carboxylic acids is 2. The summed E-state index contributed by atoms with van der Waals surface area (Å²) in [5.74, 6) is -0.409. The number of fused-ring (bicyclic) bond motifs is 1. The molecule has 3 rings (SSSR count). The summed E-state index contributed by atoms with van der Waals surface area (Å²) in [6, 6.07) is 13.3. The second-order valence-electron chi connectivity index (χ2n) is 7.26. The van der Waals surface area contributed by atoms with Gasteiger partial charge in [-0.25, -0.2) is 4.79 Å². The van der Waals surface area contributed by atoms with Gasteiger partial charge in [0.25, 0.3) is 0 Å². The molecule has 1 amide bonds. The number of aliphatic hydroxyl groups excluding tert-OH is 1. The molecule has 5 nitrogen and oxygen atoms in total. The maximum absolute atomic E-state index is 13.3. The number of nitrogens with one attached hydrogen (secondary N) is 1. The largest absolute Gasteiger partial charge is 0.444 e. The fourth-order valence-corrected chi connectivity index (χ4v) is 3.39. The molecule has 0 radical (unpaired) electrons. The number of hydrogen-bond acceptors (Lipinski definition) is 4. The topological polar surface area (TPSA) is 75.6 Å². The van der Waals surface area contributed by atoms with E-state index in [1.807, 2.05) is 0 Å². The van der Waals surface area contributed by atoms with Crippen molar-refractivity contribution in [3.05, 3.63) is 70.2 Å². The molecule has 0 saturated heterocycles. The third-order valence-corrected chi connectivity index (χ3v) is 4.48. The summed E-state index contributed by atoms with van der Waals surface area (Å²) in [5, 5.41) is 14.0. The summed E-state index contributed by atoms with van der Waals surface area (Å²) in [4.78, 5) is 25.8. The van der Waals surface area contributed by atoms with Crippen LogP contribution in [0.25, 0.3) is 0 Å². The number of ketones is 1. The number of alkyl carbamates (subject to hydrolysis) is 1. The smallest absolute Gasteiger partial charge is 0.408 e. The molecule has 1 aliphatic carbocycles. The van der Waals surface area contributed by atoms with Crippen LogP contribution in [0.2, 0.25) is 5.02 Å². The van der Waals surface area contributed by atoms with Crippen molar-refractivity contribution in [2.24, 2.45) is 0 Å². The zero-order chi connectivity index (χ0) is 19.1. The third-order valence-electron chi connectivity index (χ3n) is 4.25. The van der Waals surface area contributed by atoms with E-state index in [-0.39, 0.29) is 0 Å². The highest BCUT2D eigenvalue weighted by Gasteiger charge is 2.55. The normalized spacial score (nSPS) is 22.0. The lowest BCUT2D eigenvalue weighted by Gasteiger charge is -2.34. The van der Waals surface area contributed by atoms with Gasteiger partial charge >= 0.3 is 6.09 Å². The summed E-state index contributed by atoms with van der Waals surface area (Å²) in [7, 11) is 0. The summed E-state index contributed by atoms with van der Waals surface area (Å²) < 4.78 is 5.33. The summed E-state index contributed by atoms with van der Waals surface area (Å²) in [6.45, 7) is 5.17. The maximum Gasteiger partial charge on any atom is 0.408 e. The molecule has 6 heteroatoms. The average molecular weight is 374 g/mol. The molecule has 0 aromatic heterocycles. The van der Waals surface area contributed by atoms with Crippen LogP contribution < -0.4 is 5.32 Å². The monoisotopic (exact) mass is 373 g/mol. The molecule has 2 aromatic carbocycles. The highest BCUT2D eigenvalue weighted by molar-refractivity contribution is 6.30. The first kappa shape index (κ1) is 18.4. The van der Waals surface area contributed by atoms with Crippen molar-refractivity contribution in [3.8, 4) is 0 Å². The Balaban J connectivity index is 2.13. The van der Waals surface area contributed by atoms with Gasteiger partial charge in [-0.05, 0) is 44.0 Å². The Morgan fingerprint density at radius 1 is 1.19 bits per heavy atom. The van der Waals surface area contributed by atoms with Gasteiger partial charge < -0.3 is 15.2 Å². The van der Waals surface area contributed by atoms with E-state index in [9.17, 15) is 14.7 Å². The number of Topliss-reactive ketones (excluding diaryl/α,β-unsaturated/α-hetero) is 1. The van der Waals surface area contributed by atoms with Crippen molar-refractivity contribution in [2.45, 2.75) is 38.0 Å². The lowest BCUT2D eigenvalue weighted by molar-refractivity contribution is 0.0237. The Morgan fingerprint density at radius 3 is 2.50 bits per heavy atom. The molecular weight excluding hydrogens is 354 g/mol. The molecule has 0 heterocycles. The van der Waals surface area contributed by atoms with Crippen molar-refractivity contribution in [1.82, 2.24) is 5.32 Å². The molecule has 1 aliphatic rings. The van der Waals surface area contributed by atoms with E-state index < -0.39 is 29.1 Å². The van der Waals surface area contributed by atoms with Gasteiger partial charge in [-0.2, -0.15) is 0 Å². The van der Waals surface area contributed by atoms with Gasteiger partial charge in [-0.1, -0.05) is 48.0 Å². The van der Waals surface area contributed by atoms with Crippen molar-refractivity contribution in [1.29, 1.82) is 0 Å². The zero-order valence-electron chi connectivity index (χ0n) is 14.7. The number of benzene rings is 2. The molecule has 0 fully saturated rings. The number of aliphatic hydroxyl groups is 1. The lowest BCUT2D eigenvalue weighted by atomic mass is 9.84. The molecule has 0 spiro atoms. The third kappa shape index (κ3) is 3.08. The predicted octanol–water partition coefficient (Wildman–Crippen LogP) is 3.99. The second kappa shape index (κ2) is 6.41. The predicted molar refractivity (Wildman–Crippen MR) is 98.2 cm³/mol. The van der Waals surface area contributed by atoms with Crippen LogP contribution in [0.4, 0.5) is 4.79 Å². The quantitative estimate of drug-likeness (QED) is 0.834. The Morgan fingerprint density at radius 2 is 1.88 bits per heavy atom. The van der Waals surface area contributed by atoms with Gasteiger partial charge in [0.05, 0.1) is 0 Å². The Bertz CT molecular complexity index is 874. The van der Waals surface area contributed by atoms with Gasteiger partial charge in [-0.15, -0.1) is 0 Å². The van der Waals surface area contributed by atoms with Crippen molar-refractivity contribution < 1.29 is 19.4 Å². The van der Waals surface area contributed by atoms with E-state index >= 15 is 0 Å². The highest BCUT2D eigenvalue weighted by Crippen LogP contribution is 2.46. The first-order chi connectivity index (χ1) is 12.1. The van der Waals surface area contributed by atoms with Gasteiger partial charge in [0, 0.05) is 10.6 Å². The van der Waals surface area contributed by atoms with E-state index in [0.29, 0.717) is 21.7 Å². The molecule has 0 saturated carbocycles. The number of halogens is 1. The van der Waals surface area contributed by atoms with Crippen molar-refractivity contribution in [2.75, 3.05) is 0 Å². The first-order valence-corrected chi connectivity index (χ1v) is 8.62. The van der Waals surface area contributed by atoms with E-state index in [1.54, 1.807) is 69.3 Å². The maximum atomic E-state index is 13.3. The molecule has 2 N–H and O–H groups in total.